The molecule has 148 valence electrons. The van der Waals surface area contributed by atoms with E-state index in [1.807, 2.05) is 11.0 Å². The van der Waals surface area contributed by atoms with Crippen LogP contribution in [0, 0.1) is 22.9 Å². The minimum Gasteiger partial charge on any atom is -0.367 e. The number of benzene rings is 2. The highest BCUT2D eigenvalue weighted by Crippen LogP contribution is 2.20. The van der Waals surface area contributed by atoms with Gasteiger partial charge in [-0.15, -0.1) is 0 Å². The van der Waals surface area contributed by atoms with E-state index in [1.165, 1.54) is 12.1 Å². The van der Waals surface area contributed by atoms with E-state index < -0.39 is 4.92 Å². The van der Waals surface area contributed by atoms with E-state index in [0.717, 1.165) is 26.2 Å². The van der Waals surface area contributed by atoms with Gasteiger partial charge in [0.15, 0.2) is 0 Å². The molecule has 7 nitrogen and oxygen atoms in total. The molecule has 3 rings (SSSR count). The first-order chi connectivity index (χ1) is 13.5. The highest BCUT2D eigenvalue weighted by molar-refractivity contribution is 5.94. The third-order valence-corrected chi connectivity index (χ3v) is 4.95. The van der Waals surface area contributed by atoms with Gasteiger partial charge in [0.05, 0.1) is 10.6 Å². The van der Waals surface area contributed by atoms with E-state index in [2.05, 4.69) is 10.2 Å². The van der Waals surface area contributed by atoms with Crippen molar-refractivity contribution in [3.05, 3.63) is 69.5 Å². The number of anilines is 1. The topological polar surface area (TPSA) is 78.7 Å². The molecule has 1 amide bonds. The van der Waals surface area contributed by atoms with Crippen LogP contribution in [0.25, 0.3) is 0 Å². The molecule has 1 N–H and O–H groups in total. The molecule has 8 heteroatoms. The van der Waals surface area contributed by atoms with Gasteiger partial charge in [0, 0.05) is 56.5 Å². The van der Waals surface area contributed by atoms with Gasteiger partial charge in [-0.1, -0.05) is 18.2 Å². The number of nitrogens with one attached hydrogen (secondary N) is 1. The molecule has 0 spiro atoms. The number of nitro benzene ring substituents is 1. The van der Waals surface area contributed by atoms with E-state index in [0.29, 0.717) is 24.3 Å². The Kier molecular flexibility index (Phi) is 6.20. The zero-order chi connectivity index (χ0) is 20.1. The summed E-state index contributed by atoms with van der Waals surface area (Å²) < 4.78 is 13.9. The Morgan fingerprint density at radius 2 is 1.89 bits per heavy atom. The quantitative estimate of drug-likeness (QED) is 0.610. The summed E-state index contributed by atoms with van der Waals surface area (Å²) in [5, 5.41) is 13.8. The smallest absolute Gasteiger partial charge is 0.273 e. The number of nitrogens with zero attached hydrogens (tertiary/aromatic N) is 3. The van der Waals surface area contributed by atoms with Crippen LogP contribution < -0.4 is 10.2 Å². The van der Waals surface area contributed by atoms with Gasteiger partial charge in [0.2, 0.25) is 0 Å². The predicted molar refractivity (Wildman–Crippen MR) is 105 cm³/mol. The molecule has 1 heterocycles. The third-order valence-electron chi connectivity index (χ3n) is 4.95. The number of carbonyl (C=O) groups excluding carboxylic acids is 1. The number of rotatable bonds is 6. The maximum Gasteiger partial charge on any atom is 0.273 e. The summed E-state index contributed by atoms with van der Waals surface area (Å²) in [5.74, 6) is -0.538. The Morgan fingerprint density at radius 1 is 1.18 bits per heavy atom. The molecule has 0 atom stereocenters. The number of halogens is 1. The lowest BCUT2D eigenvalue weighted by Gasteiger charge is -2.36. The second-order valence-electron chi connectivity index (χ2n) is 6.79. The number of hydrogen-bond acceptors (Lipinski definition) is 5. The van der Waals surface area contributed by atoms with Crippen LogP contribution in [0.5, 0.6) is 0 Å². The van der Waals surface area contributed by atoms with Crippen molar-refractivity contribution in [2.45, 2.75) is 6.92 Å². The number of amides is 1. The largest absolute Gasteiger partial charge is 0.367 e. The Labute approximate surface area is 162 Å². The average molecular weight is 386 g/mol. The number of nitro groups is 1. The van der Waals surface area contributed by atoms with E-state index in [-0.39, 0.29) is 23.0 Å². The molecule has 0 radical (unpaired) electrons. The van der Waals surface area contributed by atoms with Crippen LogP contribution in [0.1, 0.15) is 15.9 Å². The molecule has 2 aromatic rings. The minimum atomic E-state index is -0.485. The predicted octanol–water partition coefficient (Wildman–Crippen LogP) is 2.59. The van der Waals surface area contributed by atoms with Gasteiger partial charge >= 0.3 is 0 Å². The monoisotopic (exact) mass is 386 g/mol. The first-order valence-corrected chi connectivity index (χ1v) is 9.21. The number of para-hydroxylation sites is 1. The zero-order valence-electron chi connectivity index (χ0n) is 15.7. The maximum atomic E-state index is 13.9. The summed E-state index contributed by atoms with van der Waals surface area (Å²) >= 11 is 0. The number of piperazine rings is 1. The Hall–Kier alpha value is -3.00. The number of carbonyl (C=O) groups is 1. The van der Waals surface area contributed by atoms with Crippen LogP contribution in [0.4, 0.5) is 15.8 Å². The van der Waals surface area contributed by atoms with Gasteiger partial charge in [-0.2, -0.15) is 0 Å². The Balaban J connectivity index is 1.46. The van der Waals surface area contributed by atoms with Crippen LogP contribution in [0.3, 0.4) is 0 Å². The van der Waals surface area contributed by atoms with Crippen molar-refractivity contribution in [3.63, 3.8) is 0 Å². The molecular formula is C20H23FN4O3. The van der Waals surface area contributed by atoms with Crippen LogP contribution in [0.15, 0.2) is 42.5 Å². The van der Waals surface area contributed by atoms with E-state index in [9.17, 15) is 19.3 Å². The fourth-order valence-electron chi connectivity index (χ4n) is 3.30. The molecule has 0 aliphatic carbocycles. The number of aryl methyl sites for hydroxylation is 1. The molecule has 0 unspecified atom stereocenters. The fourth-order valence-corrected chi connectivity index (χ4v) is 3.30. The van der Waals surface area contributed by atoms with E-state index in [4.69, 9.17) is 0 Å². The lowest BCUT2D eigenvalue weighted by atomic mass is 10.1. The molecule has 1 aliphatic rings. The summed E-state index contributed by atoms with van der Waals surface area (Å²) in [6.07, 6.45) is 0. The highest BCUT2D eigenvalue weighted by Gasteiger charge is 2.19. The summed E-state index contributed by atoms with van der Waals surface area (Å²) in [6, 6.07) is 11.2. The summed E-state index contributed by atoms with van der Waals surface area (Å²) in [5.41, 5.74) is 1.37. The summed E-state index contributed by atoms with van der Waals surface area (Å²) in [7, 11) is 0. The van der Waals surface area contributed by atoms with Crippen molar-refractivity contribution in [2.24, 2.45) is 0 Å². The molecule has 2 aromatic carbocycles. The fraction of sp³-hybridized carbons (Fsp3) is 0.350. The Morgan fingerprint density at radius 3 is 2.57 bits per heavy atom. The van der Waals surface area contributed by atoms with Gasteiger partial charge in [-0.05, 0) is 25.1 Å². The second kappa shape index (κ2) is 8.79. The summed E-state index contributed by atoms with van der Waals surface area (Å²) in [6.45, 7) is 5.75. The molecule has 1 aliphatic heterocycles. The van der Waals surface area contributed by atoms with Gasteiger partial charge < -0.3 is 10.2 Å². The SMILES string of the molecule is Cc1ccc(C(=O)NCCN2CCN(c3ccccc3F)CC2)cc1[N+](=O)[O-]. The first-order valence-electron chi connectivity index (χ1n) is 9.21. The molecule has 28 heavy (non-hydrogen) atoms. The second-order valence-corrected chi connectivity index (χ2v) is 6.79. The zero-order valence-corrected chi connectivity index (χ0v) is 15.7. The van der Waals surface area contributed by atoms with Gasteiger partial charge in [-0.25, -0.2) is 4.39 Å². The minimum absolute atomic E-state index is 0.0584. The normalized spacial score (nSPS) is 14.7. The van der Waals surface area contributed by atoms with Crippen molar-refractivity contribution in [1.29, 1.82) is 0 Å². The van der Waals surface area contributed by atoms with Gasteiger partial charge in [-0.3, -0.25) is 19.8 Å². The highest BCUT2D eigenvalue weighted by atomic mass is 19.1. The van der Waals surface area contributed by atoms with Crippen LogP contribution >= 0.6 is 0 Å². The molecule has 0 aromatic heterocycles. The van der Waals surface area contributed by atoms with Crippen molar-refractivity contribution in [1.82, 2.24) is 10.2 Å². The van der Waals surface area contributed by atoms with Crippen molar-refractivity contribution in [3.8, 4) is 0 Å². The first kappa shape index (κ1) is 19.8. The molecule has 1 fully saturated rings. The van der Waals surface area contributed by atoms with Crippen molar-refractivity contribution in [2.75, 3.05) is 44.2 Å². The lowest BCUT2D eigenvalue weighted by molar-refractivity contribution is -0.385. The van der Waals surface area contributed by atoms with E-state index >= 15 is 0 Å². The van der Waals surface area contributed by atoms with Gasteiger partial charge in [0.25, 0.3) is 11.6 Å². The lowest BCUT2D eigenvalue weighted by Crippen LogP contribution is -2.48. The standard InChI is InChI=1S/C20H23FN4O3/c1-15-6-7-16(14-19(15)25(27)28)20(26)22-8-9-23-10-12-24(13-11-23)18-5-3-2-4-17(18)21/h2-7,14H,8-13H2,1H3,(H,22,26). The Bertz CT molecular complexity index is 866. The number of hydrogen-bond donors (Lipinski definition) is 1. The maximum absolute atomic E-state index is 13.9. The van der Waals surface area contributed by atoms with Crippen molar-refractivity contribution < 1.29 is 14.1 Å². The molecule has 1 saturated heterocycles. The van der Waals surface area contributed by atoms with Gasteiger partial charge in [0.1, 0.15) is 5.82 Å². The average Bonchev–Trinajstić information content (AvgIpc) is 2.69. The molecule has 0 bridgehead atoms. The van der Waals surface area contributed by atoms with Crippen LogP contribution in [-0.4, -0.2) is 55.0 Å². The summed E-state index contributed by atoms with van der Waals surface area (Å²) in [4.78, 5) is 27.0. The molecular weight excluding hydrogens is 363 g/mol. The third kappa shape index (κ3) is 4.64. The van der Waals surface area contributed by atoms with Crippen molar-refractivity contribution >= 4 is 17.3 Å². The molecule has 0 saturated carbocycles. The van der Waals surface area contributed by atoms with Crippen LogP contribution in [0.2, 0.25) is 0 Å². The van der Waals surface area contributed by atoms with Crippen LogP contribution in [-0.2, 0) is 0 Å². The van der Waals surface area contributed by atoms with E-state index in [1.54, 1.807) is 31.2 Å².